The molecular formula is C23H30N4O2. The summed E-state index contributed by atoms with van der Waals surface area (Å²) in [7, 11) is 2.07. The summed E-state index contributed by atoms with van der Waals surface area (Å²) in [5, 5.41) is 12.5. The number of benzene rings is 1. The Balaban J connectivity index is 1.22. The highest BCUT2D eigenvalue weighted by molar-refractivity contribution is 5.74. The molecule has 3 aliphatic rings. The predicted octanol–water partition coefficient (Wildman–Crippen LogP) is 3.33. The number of rotatable bonds is 7. The maximum atomic E-state index is 12.9. The third-order valence-electron chi connectivity index (χ3n) is 7.38. The number of ether oxygens (including phenoxy) is 1. The van der Waals surface area contributed by atoms with Crippen molar-refractivity contribution in [2.75, 3.05) is 0 Å². The average Bonchev–Trinajstić information content (AvgIpc) is 3.40. The Bertz CT molecular complexity index is 861. The summed E-state index contributed by atoms with van der Waals surface area (Å²) in [6.45, 7) is 1.01. The fourth-order valence-electron chi connectivity index (χ4n) is 5.51. The summed E-state index contributed by atoms with van der Waals surface area (Å²) in [6, 6.07) is 10.1. The Labute approximate surface area is 172 Å². The summed E-state index contributed by atoms with van der Waals surface area (Å²) in [6.07, 6.45) is 7.22. The van der Waals surface area contributed by atoms with Crippen LogP contribution in [-0.2, 0) is 29.7 Å². The van der Waals surface area contributed by atoms with E-state index >= 15 is 0 Å². The molecule has 1 aromatic heterocycles. The van der Waals surface area contributed by atoms with Crippen LogP contribution >= 0.6 is 0 Å². The van der Waals surface area contributed by atoms with Gasteiger partial charge in [0.15, 0.2) is 0 Å². The number of hydrogen-bond donors (Lipinski definition) is 1. The van der Waals surface area contributed by atoms with Crippen LogP contribution in [0.3, 0.4) is 0 Å². The van der Waals surface area contributed by atoms with E-state index in [4.69, 9.17) is 4.74 Å². The highest BCUT2D eigenvalue weighted by atomic mass is 16.5. The lowest BCUT2D eigenvalue weighted by Gasteiger charge is -2.30. The molecule has 0 unspecified atom stereocenters. The zero-order valence-electron chi connectivity index (χ0n) is 17.1. The summed E-state index contributed by atoms with van der Waals surface area (Å²) < 4.78 is 7.86. The Morgan fingerprint density at radius 2 is 1.93 bits per heavy atom. The molecule has 3 fully saturated rings. The number of esters is 1. The fourth-order valence-corrected chi connectivity index (χ4v) is 5.51. The summed E-state index contributed by atoms with van der Waals surface area (Å²) in [4.78, 5) is 12.9. The van der Waals surface area contributed by atoms with Crippen molar-refractivity contribution in [2.24, 2.45) is 24.8 Å². The molecule has 2 bridgehead atoms. The number of nitrogens with zero attached hydrogens (tertiary/aromatic N) is 3. The standard InChI is InChI=1S/C23H30N4O2/c1-27-19(25-26-22(27)16-8-5-9-16)13-24-21-18-11-10-17(12-18)20(21)23(28)29-14-15-6-3-2-4-7-15/h2-4,6-7,16-18,20-21,24H,5,8-14H2,1H3/t17-,18-,20+,21-/m0/s1. The summed E-state index contributed by atoms with van der Waals surface area (Å²) in [5.41, 5.74) is 1.04. The van der Waals surface area contributed by atoms with Crippen LogP contribution in [0, 0.1) is 17.8 Å². The molecular weight excluding hydrogens is 364 g/mol. The van der Waals surface area contributed by atoms with Gasteiger partial charge >= 0.3 is 5.97 Å². The molecule has 3 saturated carbocycles. The first-order valence-corrected chi connectivity index (χ1v) is 11.0. The second-order valence-corrected chi connectivity index (χ2v) is 9.02. The van der Waals surface area contributed by atoms with E-state index in [1.54, 1.807) is 0 Å². The molecule has 0 radical (unpaired) electrons. The third-order valence-corrected chi connectivity index (χ3v) is 7.38. The lowest BCUT2D eigenvalue weighted by Crippen LogP contribution is -2.44. The minimum Gasteiger partial charge on any atom is -0.461 e. The normalized spacial score (nSPS) is 28.4. The quantitative estimate of drug-likeness (QED) is 0.730. The second kappa shape index (κ2) is 7.90. The highest BCUT2D eigenvalue weighted by Crippen LogP contribution is 2.49. The van der Waals surface area contributed by atoms with Gasteiger partial charge in [-0.3, -0.25) is 4.79 Å². The van der Waals surface area contributed by atoms with Gasteiger partial charge in [-0.05, 0) is 49.5 Å². The number of aromatic nitrogens is 3. The van der Waals surface area contributed by atoms with Crippen LogP contribution in [0.15, 0.2) is 30.3 Å². The molecule has 0 saturated heterocycles. The Morgan fingerprint density at radius 1 is 1.14 bits per heavy atom. The lowest BCUT2D eigenvalue weighted by atomic mass is 9.84. The molecule has 2 aromatic rings. The first-order valence-electron chi connectivity index (χ1n) is 11.0. The molecule has 4 atom stereocenters. The van der Waals surface area contributed by atoms with Gasteiger partial charge in [0, 0.05) is 19.0 Å². The van der Waals surface area contributed by atoms with E-state index in [0.29, 0.717) is 30.9 Å². The molecule has 0 aliphatic heterocycles. The van der Waals surface area contributed by atoms with Gasteiger partial charge in [-0.15, -0.1) is 10.2 Å². The SMILES string of the molecule is Cn1c(CN[C@H]2[C@H]3CC[C@@H](C3)[C@H]2C(=O)OCc2ccccc2)nnc1C1CCC1. The zero-order chi connectivity index (χ0) is 19.8. The molecule has 3 aliphatic carbocycles. The number of carbonyl (C=O) groups excluding carboxylic acids is 1. The smallest absolute Gasteiger partial charge is 0.311 e. The van der Waals surface area contributed by atoms with Gasteiger partial charge in [-0.25, -0.2) is 0 Å². The predicted molar refractivity (Wildman–Crippen MR) is 109 cm³/mol. The maximum absolute atomic E-state index is 12.9. The Hall–Kier alpha value is -2.21. The molecule has 0 amide bonds. The molecule has 6 heteroatoms. The van der Waals surface area contributed by atoms with Crippen LogP contribution in [0.25, 0.3) is 0 Å². The monoisotopic (exact) mass is 394 g/mol. The van der Waals surface area contributed by atoms with E-state index in [0.717, 1.165) is 30.1 Å². The third kappa shape index (κ3) is 3.59. The van der Waals surface area contributed by atoms with Crippen molar-refractivity contribution in [3.63, 3.8) is 0 Å². The highest BCUT2D eigenvalue weighted by Gasteiger charge is 2.51. The summed E-state index contributed by atoms with van der Waals surface area (Å²) >= 11 is 0. The van der Waals surface area contributed by atoms with Crippen molar-refractivity contribution in [3.05, 3.63) is 47.5 Å². The van der Waals surface area contributed by atoms with Crippen molar-refractivity contribution in [2.45, 2.75) is 63.6 Å². The van der Waals surface area contributed by atoms with Gasteiger partial charge in [0.05, 0.1) is 12.5 Å². The molecule has 1 heterocycles. The number of hydrogen-bond acceptors (Lipinski definition) is 5. The maximum Gasteiger partial charge on any atom is 0.311 e. The number of nitrogens with one attached hydrogen (secondary N) is 1. The van der Waals surface area contributed by atoms with Gasteiger partial charge in [0.25, 0.3) is 0 Å². The molecule has 6 nitrogen and oxygen atoms in total. The lowest BCUT2D eigenvalue weighted by molar-refractivity contribution is -0.152. The van der Waals surface area contributed by atoms with Gasteiger partial charge in [-0.2, -0.15) is 0 Å². The second-order valence-electron chi connectivity index (χ2n) is 9.02. The van der Waals surface area contributed by atoms with Gasteiger partial charge < -0.3 is 14.6 Å². The van der Waals surface area contributed by atoms with E-state index in [9.17, 15) is 4.79 Å². The van der Waals surface area contributed by atoms with Crippen molar-refractivity contribution in [3.8, 4) is 0 Å². The van der Waals surface area contributed by atoms with Crippen LogP contribution in [0.4, 0.5) is 0 Å². The van der Waals surface area contributed by atoms with E-state index < -0.39 is 0 Å². The molecule has 1 aromatic carbocycles. The Kier molecular flexibility index (Phi) is 5.12. The van der Waals surface area contributed by atoms with Gasteiger partial charge in [-0.1, -0.05) is 36.8 Å². The van der Waals surface area contributed by atoms with Gasteiger partial charge in [0.1, 0.15) is 18.3 Å². The van der Waals surface area contributed by atoms with Crippen LogP contribution in [0.5, 0.6) is 0 Å². The van der Waals surface area contributed by atoms with Crippen LogP contribution in [-0.4, -0.2) is 26.8 Å². The first-order chi connectivity index (χ1) is 14.2. The molecule has 29 heavy (non-hydrogen) atoms. The van der Waals surface area contributed by atoms with Gasteiger partial charge in [0.2, 0.25) is 0 Å². The van der Waals surface area contributed by atoms with Crippen molar-refractivity contribution >= 4 is 5.97 Å². The minimum absolute atomic E-state index is 0.0446. The minimum atomic E-state index is -0.0494. The van der Waals surface area contributed by atoms with Crippen LogP contribution in [0.2, 0.25) is 0 Å². The number of carbonyl (C=O) groups is 1. The van der Waals surface area contributed by atoms with Crippen molar-refractivity contribution in [1.82, 2.24) is 20.1 Å². The van der Waals surface area contributed by atoms with Crippen LogP contribution < -0.4 is 5.32 Å². The average molecular weight is 395 g/mol. The zero-order valence-corrected chi connectivity index (χ0v) is 17.1. The van der Waals surface area contributed by atoms with Crippen LogP contribution in [0.1, 0.15) is 61.7 Å². The van der Waals surface area contributed by atoms with E-state index in [1.807, 2.05) is 30.3 Å². The van der Waals surface area contributed by atoms with E-state index in [2.05, 4.69) is 27.1 Å². The van der Waals surface area contributed by atoms with E-state index in [-0.39, 0.29) is 17.9 Å². The van der Waals surface area contributed by atoms with E-state index in [1.165, 1.54) is 25.7 Å². The first kappa shape index (κ1) is 18.8. The number of fused-ring (bicyclic) bond motifs is 2. The van der Waals surface area contributed by atoms with Crippen molar-refractivity contribution < 1.29 is 9.53 Å². The molecule has 1 N–H and O–H groups in total. The molecule has 154 valence electrons. The molecule has 0 spiro atoms. The Morgan fingerprint density at radius 3 is 2.69 bits per heavy atom. The van der Waals surface area contributed by atoms with Crippen molar-refractivity contribution in [1.29, 1.82) is 0 Å². The topological polar surface area (TPSA) is 69.0 Å². The fraction of sp³-hybridized carbons (Fsp3) is 0.609. The summed E-state index contributed by atoms with van der Waals surface area (Å²) in [5.74, 6) is 3.57. The largest absolute Gasteiger partial charge is 0.461 e. The molecule has 5 rings (SSSR count).